The van der Waals surface area contributed by atoms with Crippen molar-refractivity contribution in [1.29, 1.82) is 0 Å². The summed E-state index contributed by atoms with van der Waals surface area (Å²) >= 11 is 0. The molecule has 1 heterocycles. The van der Waals surface area contributed by atoms with Gasteiger partial charge in [0, 0.05) is 17.3 Å². The summed E-state index contributed by atoms with van der Waals surface area (Å²) in [7, 11) is 0. The Bertz CT molecular complexity index is 884. The molecule has 0 N–H and O–H groups in total. The molecule has 2 atom stereocenters. The zero-order valence-electron chi connectivity index (χ0n) is 14.6. The maximum Gasteiger partial charge on any atom is 0.0658 e. The molecule has 4 rings (SSSR count). The fourth-order valence-corrected chi connectivity index (χ4v) is 4.25. The largest absolute Gasteiger partial charge is 0.338 e. The maximum atomic E-state index is 4.26. The van der Waals surface area contributed by atoms with E-state index in [1.54, 1.807) is 0 Å². The van der Waals surface area contributed by atoms with Crippen LogP contribution in [0.1, 0.15) is 36.5 Å². The van der Waals surface area contributed by atoms with Gasteiger partial charge in [0.2, 0.25) is 0 Å². The standard InChI is InChI=1S/C23H23N/c1-15(2)24-22-12-8-7-11-20(22)21-14-13-19(17(4)23(21)24)18-10-6-5-9-16(18)3/h5-14,21,23H,1H2,2-4H3. The molecule has 24 heavy (non-hydrogen) atoms. The lowest BCUT2D eigenvalue weighted by Crippen LogP contribution is -2.34. The van der Waals surface area contributed by atoms with Gasteiger partial charge in [0.25, 0.3) is 0 Å². The first kappa shape index (κ1) is 15.0. The molecule has 120 valence electrons. The van der Waals surface area contributed by atoms with Gasteiger partial charge in [-0.1, -0.05) is 61.2 Å². The minimum atomic E-state index is 0.333. The lowest BCUT2D eigenvalue weighted by Gasteiger charge is -2.34. The van der Waals surface area contributed by atoms with Crippen molar-refractivity contribution in [3.05, 3.63) is 95.2 Å². The van der Waals surface area contributed by atoms with Crippen LogP contribution in [-0.2, 0) is 0 Å². The van der Waals surface area contributed by atoms with Crippen molar-refractivity contribution in [2.75, 3.05) is 4.90 Å². The van der Waals surface area contributed by atoms with Gasteiger partial charge in [-0.15, -0.1) is 0 Å². The zero-order valence-corrected chi connectivity index (χ0v) is 14.6. The van der Waals surface area contributed by atoms with Crippen LogP contribution < -0.4 is 4.90 Å². The topological polar surface area (TPSA) is 3.24 Å². The van der Waals surface area contributed by atoms with E-state index >= 15 is 0 Å². The van der Waals surface area contributed by atoms with E-state index in [0.29, 0.717) is 12.0 Å². The predicted octanol–water partition coefficient (Wildman–Crippen LogP) is 5.84. The molecule has 2 unspecified atom stereocenters. The summed E-state index contributed by atoms with van der Waals surface area (Å²) in [6.45, 7) is 10.8. The Balaban J connectivity index is 1.89. The molecular formula is C23H23N. The number of anilines is 1. The van der Waals surface area contributed by atoms with Crippen molar-refractivity contribution in [2.45, 2.75) is 32.7 Å². The van der Waals surface area contributed by atoms with Crippen molar-refractivity contribution in [3.63, 3.8) is 0 Å². The molecule has 0 spiro atoms. The number of hydrogen-bond donors (Lipinski definition) is 0. The lowest BCUT2D eigenvalue weighted by molar-refractivity contribution is 0.690. The van der Waals surface area contributed by atoms with E-state index in [0.717, 1.165) is 5.70 Å². The van der Waals surface area contributed by atoms with E-state index in [2.05, 4.69) is 92.9 Å². The number of allylic oxidation sites excluding steroid dienone is 3. The van der Waals surface area contributed by atoms with Crippen LogP contribution >= 0.6 is 0 Å². The van der Waals surface area contributed by atoms with Crippen LogP contribution in [0.3, 0.4) is 0 Å². The van der Waals surface area contributed by atoms with Crippen LogP contribution in [0.15, 0.2) is 78.5 Å². The van der Waals surface area contributed by atoms with Crippen molar-refractivity contribution in [1.82, 2.24) is 0 Å². The Morgan fingerprint density at radius 2 is 1.71 bits per heavy atom. The second kappa shape index (κ2) is 5.52. The third kappa shape index (κ3) is 2.08. The van der Waals surface area contributed by atoms with Gasteiger partial charge in [-0.3, -0.25) is 0 Å². The van der Waals surface area contributed by atoms with Gasteiger partial charge >= 0.3 is 0 Å². The van der Waals surface area contributed by atoms with Gasteiger partial charge < -0.3 is 4.90 Å². The average Bonchev–Trinajstić information content (AvgIpc) is 2.92. The van der Waals surface area contributed by atoms with Crippen LogP contribution in [0, 0.1) is 6.92 Å². The highest BCUT2D eigenvalue weighted by molar-refractivity contribution is 5.84. The van der Waals surface area contributed by atoms with Crippen molar-refractivity contribution in [3.8, 4) is 0 Å². The predicted molar refractivity (Wildman–Crippen MR) is 103 cm³/mol. The number of para-hydroxylation sites is 1. The molecule has 0 bridgehead atoms. The summed E-state index contributed by atoms with van der Waals surface area (Å²) in [5, 5.41) is 0. The van der Waals surface area contributed by atoms with E-state index in [9.17, 15) is 0 Å². The summed E-state index contributed by atoms with van der Waals surface area (Å²) in [6.07, 6.45) is 4.69. The average molecular weight is 313 g/mol. The van der Waals surface area contributed by atoms with Crippen LogP contribution in [0.5, 0.6) is 0 Å². The van der Waals surface area contributed by atoms with Gasteiger partial charge in [-0.2, -0.15) is 0 Å². The minimum absolute atomic E-state index is 0.333. The monoisotopic (exact) mass is 313 g/mol. The summed E-state index contributed by atoms with van der Waals surface area (Å²) in [5.41, 5.74) is 9.26. The molecule has 2 aliphatic rings. The molecule has 0 amide bonds. The number of nitrogens with zero attached hydrogens (tertiary/aromatic N) is 1. The number of benzene rings is 2. The van der Waals surface area contributed by atoms with E-state index in [1.165, 1.54) is 33.5 Å². The van der Waals surface area contributed by atoms with E-state index in [4.69, 9.17) is 0 Å². The van der Waals surface area contributed by atoms with E-state index in [-0.39, 0.29) is 0 Å². The molecule has 1 nitrogen and oxygen atoms in total. The Labute approximate surface area is 144 Å². The van der Waals surface area contributed by atoms with Crippen LogP contribution in [0.25, 0.3) is 5.57 Å². The third-order valence-corrected chi connectivity index (χ3v) is 5.36. The summed E-state index contributed by atoms with van der Waals surface area (Å²) < 4.78 is 0. The van der Waals surface area contributed by atoms with Crippen molar-refractivity contribution in [2.24, 2.45) is 0 Å². The van der Waals surface area contributed by atoms with Crippen LogP contribution in [0.2, 0.25) is 0 Å². The first-order valence-electron chi connectivity index (χ1n) is 8.58. The SMILES string of the molecule is C=C(C)N1c2ccccc2C2C=CC(c3ccccc3C)=C(C)C21. The summed E-state index contributed by atoms with van der Waals surface area (Å²) in [6, 6.07) is 17.7. The van der Waals surface area contributed by atoms with E-state index in [1.807, 2.05) is 0 Å². The molecule has 1 aliphatic carbocycles. The second-order valence-corrected chi connectivity index (χ2v) is 6.91. The molecule has 1 heteroatoms. The Morgan fingerprint density at radius 3 is 2.46 bits per heavy atom. The van der Waals surface area contributed by atoms with Gasteiger partial charge in [0.1, 0.15) is 0 Å². The minimum Gasteiger partial charge on any atom is -0.338 e. The lowest BCUT2D eigenvalue weighted by atomic mass is 9.81. The summed E-state index contributed by atoms with van der Waals surface area (Å²) in [5.74, 6) is 0.408. The molecule has 0 saturated heterocycles. The van der Waals surface area contributed by atoms with Crippen molar-refractivity contribution >= 4 is 11.3 Å². The number of fused-ring (bicyclic) bond motifs is 3. The van der Waals surface area contributed by atoms with Gasteiger partial charge in [-0.25, -0.2) is 0 Å². The summed E-state index contributed by atoms with van der Waals surface area (Å²) in [4.78, 5) is 2.41. The molecule has 0 radical (unpaired) electrons. The molecule has 0 saturated carbocycles. The van der Waals surface area contributed by atoms with Gasteiger partial charge in [0.15, 0.2) is 0 Å². The Morgan fingerprint density at radius 1 is 1.00 bits per heavy atom. The normalized spacial score (nSPS) is 21.7. The molecular weight excluding hydrogens is 290 g/mol. The fraction of sp³-hybridized carbons (Fsp3) is 0.217. The molecule has 0 aromatic heterocycles. The van der Waals surface area contributed by atoms with E-state index < -0.39 is 0 Å². The quantitative estimate of drug-likeness (QED) is 0.673. The van der Waals surface area contributed by atoms with Crippen LogP contribution in [0.4, 0.5) is 5.69 Å². The van der Waals surface area contributed by atoms with Crippen molar-refractivity contribution < 1.29 is 0 Å². The molecule has 0 fully saturated rings. The number of rotatable bonds is 2. The van der Waals surface area contributed by atoms with Gasteiger partial charge in [-0.05, 0) is 54.7 Å². The molecule has 2 aromatic rings. The number of aryl methyl sites for hydroxylation is 1. The third-order valence-electron chi connectivity index (χ3n) is 5.36. The Kier molecular flexibility index (Phi) is 3.45. The van der Waals surface area contributed by atoms with Gasteiger partial charge in [0.05, 0.1) is 6.04 Å². The highest BCUT2D eigenvalue weighted by atomic mass is 15.2. The van der Waals surface area contributed by atoms with Crippen LogP contribution in [-0.4, -0.2) is 6.04 Å². The first-order valence-corrected chi connectivity index (χ1v) is 8.58. The maximum absolute atomic E-state index is 4.26. The smallest absolute Gasteiger partial charge is 0.0658 e. The fourth-order valence-electron chi connectivity index (χ4n) is 4.25. The zero-order chi connectivity index (χ0) is 16.8. The second-order valence-electron chi connectivity index (χ2n) is 6.91. The highest BCUT2D eigenvalue weighted by Gasteiger charge is 2.40. The number of hydrogen-bond acceptors (Lipinski definition) is 1. The highest BCUT2D eigenvalue weighted by Crippen LogP contribution is 2.49. The Hall–Kier alpha value is -2.54. The molecule has 1 aliphatic heterocycles. The molecule has 2 aromatic carbocycles. The first-order chi connectivity index (χ1) is 11.6.